The van der Waals surface area contributed by atoms with Crippen LogP contribution >= 0.6 is 0 Å². The predicted molar refractivity (Wildman–Crippen MR) is 103 cm³/mol. The number of allylic oxidation sites excluding steroid dienone is 2. The summed E-state index contributed by atoms with van der Waals surface area (Å²) >= 11 is 0. The van der Waals surface area contributed by atoms with Crippen LogP contribution in [0.15, 0.2) is 11.8 Å². The maximum Gasteiger partial charge on any atom is 0.211 e. The number of fused-ring (bicyclic) bond motifs is 4. The third kappa shape index (κ3) is 2.50. The monoisotopic (exact) mass is 377 g/mol. The number of carbonyl (C=O) groups excluding carboxylic acids is 1. The highest BCUT2D eigenvalue weighted by Gasteiger charge is 2.70. The Hall–Kier alpha value is -0.910. The van der Waals surface area contributed by atoms with Gasteiger partial charge in [0.15, 0.2) is 5.79 Å². The molecule has 1 heterocycles. The van der Waals surface area contributed by atoms with E-state index in [4.69, 9.17) is 9.47 Å². The van der Waals surface area contributed by atoms with Crippen LogP contribution in [-0.4, -0.2) is 36.1 Å². The van der Waals surface area contributed by atoms with Crippen molar-refractivity contribution in [1.29, 1.82) is 0 Å². The highest BCUT2D eigenvalue weighted by atomic mass is 16.7. The molecule has 3 aliphatic carbocycles. The third-order valence-corrected chi connectivity index (χ3v) is 8.45. The Kier molecular flexibility index (Phi) is 4.53. The molecule has 4 rings (SSSR count). The van der Waals surface area contributed by atoms with Crippen molar-refractivity contribution in [1.82, 2.24) is 5.32 Å². The fraction of sp³-hybridized carbons (Fsp3) is 0.864. The number of aliphatic hydroxyl groups is 1. The largest absolute Gasteiger partial charge is 0.390 e. The highest BCUT2D eigenvalue weighted by molar-refractivity contribution is 5.51. The quantitative estimate of drug-likeness (QED) is 0.737. The fourth-order valence-corrected chi connectivity index (χ4v) is 7.87. The summed E-state index contributed by atoms with van der Waals surface area (Å²) < 4.78 is 12.4. The molecule has 6 atom stereocenters. The maximum absolute atomic E-state index is 11.8. The standard InChI is InChI=1S/C22H35NO4/c1-5-9-19(2)17(23-14-24)7-6-15-16-8-10-22(26-11-12-27-22)20(16,3)13-21(4,25)18(15)19/h7,14-16,18,25H,5-6,8-13H2,1-4H3,(H,23,24). The summed E-state index contributed by atoms with van der Waals surface area (Å²) in [7, 11) is 0. The Labute approximate surface area is 162 Å². The first-order chi connectivity index (χ1) is 12.7. The van der Waals surface area contributed by atoms with E-state index in [1.54, 1.807) is 0 Å². The lowest BCUT2D eigenvalue weighted by atomic mass is 9.45. The smallest absolute Gasteiger partial charge is 0.211 e. The Bertz CT molecular complexity index is 638. The lowest BCUT2D eigenvalue weighted by Crippen LogP contribution is -2.64. The zero-order chi connectivity index (χ0) is 19.5. The van der Waals surface area contributed by atoms with Gasteiger partial charge < -0.3 is 19.9 Å². The zero-order valence-corrected chi connectivity index (χ0v) is 17.2. The molecule has 3 fully saturated rings. The van der Waals surface area contributed by atoms with Crippen molar-refractivity contribution >= 4 is 6.41 Å². The SMILES string of the molecule is CCCC1(C)C(NC=O)=CCC2C1C(C)(O)CC1(C)C2CCC12OCCO2. The van der Waals surface area contributed by atoms with Gasteiger partial charge in [-0.2, -0.15) is 0 Å². The van der Waals surface area contributed by atoms with E-state index < -0.39 is 11.4 Å². The number of ether oxygens (including phenoxy) is 2. The Balaban J connectivity index is 1.78. The van der Waals surface area contributed by atoms with Crippen LogP contribution in [-0.2, 0) is 14.3 Å². The number of carbonyl (C=O) groups is 1. The zero-order valence-electron chi connectivity index (χ0n) is 17.2. The molecule has 6 unspecified atom stereocenters. The fourth-order valence-electron chi connectivity index (χ4n) is 7.87. The van der Waals surface area contributed by atoms with E-state index in [2.05, 4.69) is 32.2 Å². The minimum Gasteiger partial charge on any atom is -0.390 e. The van der Waals surface area contributed by atoms with Crippen LogP contribution < -0.4 is 5.32 Å². The number of hydrogen-bond acceptors (Lipinski definition) is 4. The highest BCUT2D eigenvalue weighted by Crippen LogP contribution is 2.69. The molecule has 0 radical (unpaired) electrons. The molecule has 5 nitrogen and oxygen atoms in total. The summed E-state index contributed by atoms with van der Waals surface area (Å²) in [6.07, 6.45) is 8.55. The number of amides is 1. The predicted octanol–water partition coefficient (Wildman–Crippen LogP) is 3.37. The minimum atomic E-state index is -0.837. The molecule has 0 bridgehead atoms. The Morgan fingerprint density at radius 3 is 2.63 bits per heavy atom. The molecule has 0 aromatic carbocycles. The average Bonchev–Trinajstić information content (AvgIpc) is 3.16. The van der Waals surface area contributed by atoms with E-state index in [0.717, 1.165) is 44.2 Å². The van der Waals surface area contributed by atoms with E-state index in [-0.39, 0.29) is 16.7 Å². The number of nitrogens with one attached hydrogen (secondary N) is 1. The Morgan fingerprint density at radius 1 is 1.30 bits per heavy atom. The lowest BCUT2D eigenvalue weighted by molar-refractivity contribution is -0.271. The van der Waals surface area contributed by atoms with E-state index in [1.165, 1.54) is 0 Å². The van der Waals surface area contributed by atoms with Crippen LogP contribution in [0.4, 0.5) is 0 Å². The first-order valence-electron chi connectivity index (χ1n) is 10.7. The summed E-state index contributed by atoms with van der Waals surface area (Å²) in [4.78, 5) is 11.2. The molecule has 1 spiro atoms. The van der Waals surface area contributed by atoms with Crippen molar-refractivity contribution in [3.05, 3.63) is 11.8 Å². The van der Waals surface area contributed by atoms with E-state index in [9.17, 15) is 9.90 Å². The van der Waals surface area contributed by atoms with Gasteiger partial charge in [0.1, 0.15) is 0 Å². The second kappa shape index (κ2) is 6.30. The van der Waals surface area contributed by atoms with Gasteiger partial charge in [0, 0.05) is 28.9 Å². The molecule has 2 N–H and O–H groups in total. The van der Waals surface area contributed by atoms with Crippen molar-refractivity contribution in [3.8, 4) is 0 Å². The molecule has 5 heteroatoms. The Morgan fingerprint density at radius 2 is 2.00 bits per heavy atom. The van der Waals surface area contributed by atoms with Crippen molar-refractivity contribution in [2.75, 3.05) is 13.2 Å². The van der Waals surface area contributed by atoms with Gasteiger partial charge in [-0.15, -0.1) is 0 Å². The van der Waals surface area contributed by atoms with E-state index in [0.29, 0.717) is 31.5 Å². The lowest BCUT2D eigenvalue weighted by Gasteiger charge is -2.62. The summed E-state index contributed by atoms with van der Waals surface area (Å²) in [5.41, 5.74) is -0.247. The first-order valence-corrected chi connectivity index (χ1v) is 10.7. The molecule has 152 valence electrons. The second-order valence-electron chi connectivity index (χ2n) is 9.97. The van der Waals surface area contributed by atoms with Gasteiger partial charge in [0.25, 0.3) is 0 Å². The summed E-state index contributed by atoms with van der Waals surface area (Å²) in [6, 6.07) is 0. The number of hydrogen-bond donors (Lipinski definition) is 2. The van der Waals surface area contributed by atoms with Crippen molar-refractivity contribution in [2.45, 2.75) is 77.6 Å². The van der Waals surface area contributed by atoms with Gasteiger partial charge in [-0.1, -0.05) is 33.3 Å². The minimum absolute atomic E-state index is 0.118. The van der Waals surface area contributed by atoms with Gasteiger partial charge in [0.2, 0.25) is 6.41 Å². The van der Waals surface area contributed by atoms with Crippen LogP contribution in [0.2, 0.25) is 0 Å². The molecular weight excluding hydrogens is 342 g/mol. The topological polar surface area (TPSA) is 67.8 Å². The summed E-state index contributed by atoms with van der Waals surface area (Å²) in [5, 5.41) is 14.8. The van der Waals surface area contributed by atoms with Crippen molar-refractivity contribution in [2.24, 2.45) is 28.6 Å². The van der Waals surface area contributed by atoms with Gasteiger partial charge in [-0.25, -0.2) is 0 Å². The molecule has 1 amide bonds. The van der Waals surface area contributed by atoms with Crippen molar-refractivity contribution < 1.29 is 19.4 Å². The summed E-state index contributed by atoms with van der Waals surface area (Å²) in [6.45, 7) is 10.0. The van der Waals surface area contributed by atoms with Crippen LogP contribution in [0, 0.1) is 28.6 Å². The summed E-state index contributed by atoms with van der Waals surface area (Å²) in [5.74, 6) is 0.427. The molecule has 0 aromatic heterocycles. The molecular formula is C22H35NO4. The van der Waals surface area contributed by atoms with Gasteiger partial charge >= 0.3 is 0 Å². The normalized spacial score (nSPS) is 48.0. The van der Waals surface area contributed by atoms with Crippen LogP contribution in [0.3, 0.4) is 0 Å². The van der Waals surface area contributed by atoms with Crippen LogP contribution in [0.25, 0.3) is 0 Å². The average molecular weight is 378 g/mol. The molecule has 1 saturated heterocycles. The van der Waals surface area contributed by atoms with Crippen molar-refractivity contribution in [3.63, 3.8) is 0 Å². The van der Waals surface area contributed by atoms with E-state index >= 15 is 0 Å². The first kappa shape index (κ1) is 19.4. The van der Waals surface area contributed by atoms with Gasteiger partial charge in [-0.05, 0) is 44.4 Å². The second-order valence-corrected chi connectivity index (χ2v) is 9.97. The third-order valence-electron chi connectivity index (χ3n) is 8.45. The molecule has 2 saturated carbocycles. The van der Waals surface area contributed by atoms with Gasteiger partial charge in [0.05, 0.1) is 18.8 Å². The molecule has 4 aliphatic rings. The van der Waals surface area contributed by atoms with E-state index in [1.807, 2.05) is 6.92 Å². The molecule has 27 heavy (non-hydrogen) atoms. The number of rotatable bonds is 4. The molecule has 0 aromatic rings. The maximum atomic E-state index is 11.8. The molecule has 1 aliphatic heterocycles. The van der Waals surface area contributed by atoms with Crippen LogP contribution in [0.1, 0.15) is 66.2 Å². The van der Waals surface area contributed by atoms with Crippen LogP contribution in [0.5, 0.6) is 0 Å². The van der Waals surface area contributed by atoms with Gasteiger partial charge in [-0.3, -0.25) is 4.79 Å².